The number of hydrazine groups is 1. The molecule has 3 heterocycles. The summed E-state index contributed by atoms with van der Waals surface area (Å²) in [6.07, 6.45) is 2.31. The zero-order chi connectivity index (χ0) is 21.6. The number of aromatic nitrogens is 1. The van der Waals surface area contributed by atoms with Crippen LogP contribution in [-0.4, -0.2) is 10.8 Å². The lowest BCUT2D eigenvalue weighted by molar-refractivity contribution is 0.259. The quantitative estimate of drug-likeness (QED) is 0.176. The lowest BCUT2D eigenvalue weighted by atomic mass is 10.0. The van der Waals surface area contributed by atoms with E-state index in [9.17, 15) is 5.26 Å². The van der Waals surface area contributed by atoms with E-state index in [4.69, 9.17) is 20.7 Å². The molecule has 1 atom stereocenters. The number of furan rings is 1. The average molecular weight is 430 g/mol. The Labute approximate surface area is 182 Å². The number of hydrazone groups is 1. The van der Waals surface area contributed by atoms with Crippen LogP contribution in [0.1, 0.15) is 17.2 Å². The van der Waals surface area contributed by atoms with Gasteiger partial charge in [-0.1, -0.05) is 36.4 Å². The smallest absolute Gasteiger partial charge is 0.234 e. The number of rotatable bonds is 7. The Hall–Kier alpha value is -4.13. The van der Waals surface area contributed by atoms with Crippen molar-refractivity contribution in [2.75, 3.05) is 0 Å². The van der Waals surface area contributed by atoms with E-state index < -0.39 is 6.10 Å². The third-order valence-electron chi connectivity index (χ3n) is 4.50. The summed E-state index contributed by atoms with van der Waals surface area (Å²) in [4.78, 5) is 5.57. The van der Waals surface area contributed by atoms with E-state index in [2.05, 4.69) is 21.7 Å². The van der Waals surface area contributed by atoms with Gasteiger partial charge in [0, 0.05) is 16.7 Å². The second kappa shape index (κ2) is 9.13. The van der Waals surface area contributed by atoms with Crippen molar-refractivity contribution in [3.8, 4) is 33.6 Å². The molecule has 4 aromatic rings. The second-order valence-corrected chi connectivity index (χ2v) is 7.36. The second-order valence-electron chi connectivity index (χ2n) is 6.41. The van der Waals surface area contributed by atoms with E-state index in [1.54, 1.807) is 18.6 Å². The normalized spacial score (nSPS) is 12.2. The Bertz CT molecular complexity index is 1220. The predicted molar refractivity (Wildman–Crippen MR) is 119 cm³/mol. The number of ether oxygens (including phenoxy) is 1. The topological polar surface area (TPSA) is 135 Å². The molecule has 154 valence electrons. The number of amidine groups is 1. The minimum atomic E-state index is -0.812. The first-order chi connectivity index (χ1) is 15.2. The van der Waals surface area contributed by atoms with Gasteiger partial charge in [0.2, 0.25) is 5.88 Å². The first-order valence-corrected chi connectivity index (χ1v) is 10.1. The molecule has 31 heavy (non-hydrogen) atoms. The summed E-state index contributed by atoms with van der Waals surface area (Å²) in [6.45, 7) is 0. The maximum absolute atomic E-state index is 9.95. The van der Waals surface area contributed by atoms with Crippen molar-refractivity contribution >= 4 is 17.2 Å². The molecule has 0 radical (unpaired) electrons. The number of nitriles is 1. The third-order valence-corrected chi connectivity index (χ3v) is 5.39. The Balaban J connectivity index is 1.88. The van der Waals surface area contributed by atoms with Crippen molar-refractivity contribution in [1.29, 1.82) is 5.26 Å². The fourth-order valence-electron chi connectivity index (χ4n) is 3.08. The molecule has 0 bridgehead atoms. The van der Waals surface area contributed by atoms with Crippen LogP contribution in [-0.2, 0) is 0 Å². The van der Waals surface area contributed by atoms with Crippen molar-refractivity contribution in [3.63, 3.8) is 0 Å². The Morgan fingerprint density at radius 1 is 1.23 bits per heavy atom. The van der Waals surface area contributed by atoms with Gasteiger partial charge in [0.1, 0.15) is 11.6 Å². The van der Waals surface area contributed by atoms with Crippen LogP contribution >= 0.6 is 11.3 Å². The van der Waals surface area contributed by atoms with Gasteiger partial charge >= 0.3 is 0 Å². The monoisotopic (exact) mass is 430 g/mol. The highest BCUT2D eigenvalue weighted by Gasteiger charge is 2.24. The van der Waals surface area contributed by atoms with Gasteiger partial charge in [-0.2, -0.15) is 5.26 Å². The van der Waals surface area contributed by atoms with Crippen LogP contribution in [0.4, 0.5) is 0 Å². The van der Waals surface area contributed by atoms with E-state index in [-0.39, 0.29) is 17.3 Å². The summed E-state index contributed by atoms with van der Waals surface area (Å²) in [5, 5.41) is 15.8. The van der Waals surface area contributed by atoms with Crippen LogP contribution in [0.3, 0.4) is 0 Å². The van der Waals surface area contributed by atoms with Gasteiger partial charge < -0.3 is 14.9 Å². The molecule has 0 spiro atoms. The maximum atomic E-state index is 9.95. The molecule has 1 aromatic carbocycles. The summed E-state index contributed by atoms with van der Waals surface area (Å²) >= 11 is 1.53. The van der Waals surface area contributed by atoms with Gasteiger partial charge in [-0.25, -0.2) is 16.4 Å². The van der Waals surface area contributed by atoms with Crippen LogP contribution in [0.15, 0.2) is 82.0 Å². The fraction of sp³-hybridized carbons (Fsp3) is 0.0455. The van der Waals surface area contributed by atoms with Gasteiger partial charge in [0.05, 0.1) is 23.1 Å². The molecule has 0 amide bonds. The number of hydrogen-bond donors (Lipinski definition) is 3. The minimum absolute atomic E-state index is 0.0887. The summed E-state index contributed by atoms with van der Waals surface area (Å²) in [5.74, 6) is 5.54. The van der Waals surface area contributed by atoms with E-state index in [1.165, 1.54) is 11.3 Å². The molecule has 4 rings (SSSR count). The van der Waals surface area contributed by atoms with Crippen LogP contribution in [0.2, 0.25) is 0 Å². The fourth-order valence-corrected chi connectivity index (χ4v) is 3.77. The van der Waals surface area contributed by atoms with Crippen molar-refractivity contribution in [1.82, 2.24) is 10.5 Å². The van der Waals surface area contributed by atoms with Gasteiger partial charge in [0.15, 0.2) is 11.9 Å². The molecule has 5 N–H and O–H groups in total. The number of thiophene rings is 1. The minimum Gasteiger partial charge on any atom is -0.472 e. The number of hydrogen-bond acceptors (Lipinski definition) is 8. The molecule has 0 aliphatic carbocycles. The molecule has 0 fully saturated rings. The van der Waals surface area contributed by atoms with E-state index in [0.29, 0.717) is 11.3 Å². The number of pyridine rings is 1. The van der Waals surface area contributed by atoms with Gasteiger partial charge in [-0.15, -0.1) is 16.4 Å². The van der Waals surface area contributed by atoms with Crippen LogP contribution in [0, 0.1) is 11.3 Å². The van der Waals surface area contributed by atoms with Crippen molar-refractivity contribution in [3.05, 3.63) is 83.6 Å². The lowest BCUT2D eigenvalue weighted by Gasteiger charge is -2.20. The zero-order valence-corrected chi connectivity index (χ0v) is 17.0. The van der Waals surface area contributed by atoms with Crippen LogP contribution in [0.25, 0.3) is 21.7 Å². The van der Waals surface area contributed by atoms with Crippen molar-refractivity contribution in [2.24, 2.45) is 16.7 Å². The summed E-state index contributed by atoms with van der Waals surface area (Å²) < 4.78 is 11.4. The standard InChI is InChI=1S/C22H18N6O2S/c23-12-17-16(15-8-9-29-13-15)11-18(19-7-4-10-31-19)26-22(17)30-20(21(24)27-28-25)14-5-2-1-3-6-14/h1-11,13,20,28H,25H2,(H2,24,27). The molecule has 0 aliphatic rings. The van der Waals surface area contributed by atoms with Crippen molar-refractivity contribution in [2.45, 2.75) is 6.10 Å². The number of nitrogens with two attached hydrogens (primary N) is 2. The predicted octanol–water partition coefficient (Wildman–Crippen LogP) is 3.80. The van der Waals surface area contributed by atoms with Crippen LogP contribution < -0.4 is 21.8 Å². The Morgan fingerprint density at radius 3 is 2.71 bits per heavy atom. The first-order valence-electron chi connectivity index (χ1n) is 9.23. The Kier molecular flexibility index (Phi) is 5.93. The highest BCUT2D eigenvalue weighted by molar-refractivity contribution is 7.13. The van der Waals surface area contributed by atoms with E-state index in [0.717, 1.165) is 16.0 Å². The molecule has 0 saturated carbocycles. The zero-order valence-electron chi connectivity index (χ0n) is 16.2. The average Bonchev–Trinajstić information content (AvgIpc) is 3.52. The maximum Gasteiger partial charge on any atom is 0.234 e. The van der Waals surface area contributed by atoms with E-state index in [1.807, 2.05) is 53.9 Å². The summed E-state index contributed by atoms with van der Waals surface area (Å²) in [6, 6.07) is 19.0. The highest BCUT2D eigenvalue weighted by atomic mass is 32.1. The lowest BCUT2D eigenvalue weighted by Crippen LogP contribution is -2.31. The molecule has 1 unspecified atom stereocenters. The molecular weight excluding hydrogens is 412 g/mol. The van der Waals surface area contributed by atoms with Gasteiger partial charge in [0.25, 0.3) is 0 Å². The molecule has 0 aliphatic heterocycles. The van der Waals surface area contributed by atoms with Crippen LogP contribution in [0.5, 0.6) is 5.88 Å². The molecule has 0 saturated heterocycles. The van der Waals surface area contributed by atoms with E-state index >= 15 is 0 Å². The van der Waals surface area contributed by atoms with Gasteiger partial charge in [-0.05, 0) is 23.6 Å². The summed E-state index contributed by atoms with van der Waals surface area (Å²) in [7, 11) is 0. The van der Waals surface area contributed by atoms with Crippen molar-refractivity contribution < 1.29 is 9.15 Å². The molecule has 9 heteroatoms. The number of nitrogens with one attached hydrogen (secondary N) is 1. The number of nitrogens with zero attached hydrogens (tertiary/aromatic N) is 3. The largest absolute Gasteiger partial charge is 0.472 e. The number of benzene rings is 1. The first kappa shape index (κ1) is 20.2. The molecule has 3 aromatic heterocycles. The Morgan fingerprint density at radius 2 is 2.06 bits per heavy atom. The van der Waals surface area contributed by atoms with Gasteiger partial charge in [-0.3, -0.25) is 0 Å². The third kappa shape index (κ3) is 4.25. The summed E-state index contributed by atoms with van der Waals surface area (Å²) in [5.41, 5.74) is 11.4. The highest BCUT2D eigenvalue weighted by Crippen LogP contribution is 2.36. The SMILES string of the molecule is N#Cc1c(-c2ccoc2)cc(-c2cccs2)nc1OC(/C(N)=N/NN)c1ccccc1. The molecule has 8 nitrogen and oxygen atoms in total. The molecular formula is C22H18N6O2S.